The molecule has 0 aliphatic rings. The molecular weight excluding hydrogens is 399 g/mol. The molecule has 0 aliphatic carbocycles. The van der Waals surface area contributed by atoms with E-state index >= 15 is 0 Å². The summed E-state index contributed by atoms with van der Waals surface area (Å²) in [4.78, 5) is 30.3. The van der Waals surface area contributed by atoms with Gasteiger partial charge in [-0.3, -0.25) is 9.59 Å². The summed E-state index contributed by atoms with van der Waals surface area (Å²) in [5, 5.41) is 6.69. The Bertz CT molecular complexity index is 1110. The van der Waals surface area contributed by atoms with Crippen molar-refractivity contribution in [1.29, 1.82) is 0 Å². The molecule has 1 aromatic heterocycles. The summed E-state index contributed by atoms with van der Waals surface area (Å²) in [6.45, 7) is 5.51. The van der Waals surface area contributed by atoms with E-state index in [2.05, 4.69) is 15.5 Å². The monoisotopic (exact) mass is 424 g/mol. The lowest BCUT2D eigenvalue weighted by Crippen LogP contribution is -2.35. The van der Waals surface area contributed by atoms with Gasteiger partial charge in [0.2, 0.25) is 23.5 Å². The van der Waals surface area contributed by atoms with Crippen LogP contribution in [0.25, 0.3) is 11.4 Å². The standard InChI is InChI=1S/C23H25FN4O3/c1-14-6-5-7-19(16(14)3)25-20(29)13-28(4)22(30)11-10-21-26-23(27-31-21)17-9-8-15(2)18(24)12-17/h5-9,12H,10-11,13H2,1-4H3,(H,25,29). The molecule has 162 valence electrons. The van der Waals surface area contributed by atoms with Gasteiger partial charge in [-0.15, -0.1) is 0 Å². The molecule has 8 heteroatoms. The van der Waals surface area contributed by atoms with Gasteiger partial charge in [-0.05, 0) is 49.6 Å². The number of aryl methyl sites for hydroxylation is 3. The zero-order valence-electron chi connectivity index (χ0n) is 18.0. The van der Waals surface area contributed by atoms with Crippen molar-refractivity contribution in [2.75, 3.05) is 18.9 Å². The first-order valence-electron chi connectivity index (χ1n) is 9.93. The second kappa shape index (κ2) is 9.51. The molecule has 2 aromatic carbocycles. The summed E-state index contributed by atoms with van der Waals surface area (Å²) in [7, 11) is 1.57. The summed E-state index contributed by atoms with van der Waals surface area (Å²) in [6, 6.07) is 10.4. The zero-order chi connectivity index (χ0) is 22.5. The number of halogens is 1. The van der Waals surface area contributed by atoms with E-state index in [0.717, 1.165) is 16.8 Å². The first-order valence-corrected chi connectivity index (χ1v) is 9.93. The van der Waals surface area contributed by atoms with Gasteiger partial charge in [0.25, 0.3) is 0 Å². The highest BCUT2D eigenvalue weighted by molar-refractivity contribution is 5.95. The predicted molar refractivity (Wildman–Crippen MR) is 115 cm³/mol. The van der Waals surface area contributed by atoms with E-state index < -0.39 is 0 Å². The Kier molecular flexibility index (Phi) is 6.79. The first-order chi connectivity index (χ1) is 14.7. The molecule has 0 radical (unpaired) electrons. The van der Waals surface area contributed by atoms with E-state index in [1.807, 2.05) is 32.0 Å². The number of anilines is 1. The third-order valence-electron chi connectivity index (χ3n) is 5.14. The first kappa shape index (κ1) is 22.1. The van der Waals surface area contributed by atoms with E-state index in [-0.39, 0.29) is 48.7 Å². The van der Waals surface area contributed by atoms with Crippen LogP contribution in [-0.2, 0) is 16.0 Å². The van der Waals surface area contributed by atoms with Gasteiger partial charge < -0.3 is 14.7 Å². The summed E-state index contributed by atoms with van der Waals surface area (Å²) in [6.07, 6.45) is 0.334. The van der Waals surface area contributed by atoms with E-state index in [0.29, 0.717) is 11.1 Å². The minimum Gasteiger partial charge on any atom is -0.339 e. The van der Waals surface area contributed by atoms with Crippen LogP contribution >= 0.6 is 0 Å². The minimum atomic E-state index is -0.347. The van der Waals surface area contributed by atoms with Crippen molar-refractivity contribution in [3.8, 4) is 11.4 Å². The molecule has 0 bridgehead atoms. The van der Waals surface area contributed by atoms with Crippen LogP contribution in [0.5, 0.6) is 0 Å². The number of likely N-dealkylation sites (N-methyl/N-ethyl adjacent to an activating group) is 1. The van der Waals surface area contributed by atoms with E-state index in [4.69, 9.17) is 4.52 Å². The Labute approximate surface area is 180 Å². The maximum absolute atomic E-state index is 13.7. The van der Waals surface area contributed by atoms with Crippen LogP contribution in [0.15, 0.2) is 40.9 Å². The number of carbonyl (C=O) groups is 2. The third kappa shape index (κ3) is 5.53. The van der Waals surface area contributed by atoms with Crippen LogP contribution in [0.4, 0.5) is 10.1 Å². The van der Waals surface area contributed by atoms with Crippen LogP contribution in [0.3, 0.4) is 0 Å². The van der Waals surface area contributed by atoms with Crippen molar-refractivity contribution in [3.05, 3.63) is 64.8 Å². The van der Waals surface area contributed by atoms with Crippen LogP contribution < -0.4 is 5.32 Å². The minimum absolute atomic E-state index is 0.0655. The van der Waals surface area contributed by atoms with Crippen molar-refractivity contribution in [2.24, 2.45) is 0 Å². The molecule has 31 heavy (non-hydrogen) atoms. The normalized spacial score (nSPS) is 10.7. The number of carbonyl (C=O) groups excluding carboxylic acids is 2. The average Bonchev–Trinajstić information content (AvgIpc) is 3.20. The number of hydrogen-bond acceptors (Lipinski definition) is 5. The van der Waals surface area contributed by atoms with Gasteiger partial charge in [0.05, 0.1) is 6.54 Å². The SMILES string of the molecule is Cc1ccc(-c2noc(CCC(=O)N(C)CC(=O)Nc3cccc(C)c3C)n2)cc1F. The zero-order valence-corrected chi connectivity index (χ0v) is 18.0. The molecule has 0 spiro atoms. The molecule has 0 unspecified atom stereocenters. The second-order valence-electron chi connectivity index (χ2n) is 7.52. The molecule has 0 fully saturated rings. The lowest BCUT2D eigenvalue weighted by atomic mass is 10.1. The van der Waals surface area contributed by atoms with Crippen LogP contribution in [0.2, 0.25) is 0 Å². The Morgan fingerprint density at radius 1 is 1.13 bits per heavy atom. The third-order valence-corrected chi connectivity index (χ3v) is 5.14. The summed E-state index contributed by atoms with van der Waals surface area (Å²) >= 11 is 0. The van der Waals surface area contributed by atoms with Gasteiger partial charge in [0.15, 0.2) is 0 Å². The van der Waals surface area contributed by atoms with Crippen molar-refractivity contribution in [1.82, 2.24) is 15.0 Å². The van der Waals surface area contributed by atoms with Gasteiger partial charge >= 0.3 is 0 Å². The number of nitrogens with one attached hydrogen (secondary N) is 1. The van der Waals surface area contributed by atoms with Crippen molar-refractivity contribution < 1.29 is 18.5 Å². The molecule has 2 amide bonds. The molecule has 0 aliphatic heterocycles. The average molecular weight is 424 g/mol. The number of aromatic nitrogens is 2. The van der Waals surface area contributed by atoms with E-state index in [1.54, 1.807) is 26.1 Å². The molecule has 1 heterocycles. The van der Waals surface area contributed by atoms with E-state index in [9.17, 15) is 14.0 Å². The van der Waals surface area contributed by atoms with E-state index in [1.165, 1.54) is 11.0 Å². The van der Waals surface area contributed by atoms with Crippen molar-refractivity contribution in [2.45, 2.75) is 33.6 Å². The van der Waals surface area contributed by atoms with Crippen molar-refractivity contribution >= 4 is 17.5 Å². The highest BCUT2D eigenvalue weighted by atomic mass is 19.1. The fourth-order valence-electron chi connectivity index (χ4n) is 2.99. The molecule has 3 aromatic rings. The largest absolute Gasteiger partial charge is 0.339 e. The Morgan fingerprint density at radius 2 is 1.90 bits per heavy atom. The Hall–Kier alpha value is -3.55. The number of hydrogen-bond donors (Lipinski definition) is 1. The number of rotatable bonds is 7. The summed E-state index contributed by atoms with van der Waals surface area (Å²) < 4.78 is 18.9. The van der Waals surface area contributed by atoms with Crippen LogP contribution in [0.1, 0.15) is 29.0 Å². The summed E-state index contributed by atoms with van der Waals surface area (Å²) in [5.41, 5.74) is 3.84. The molecule has 0 saturated carbocycles. The number of benzene rings is 2. The summed E-state index contributed by atoms with van der Waals surface area (Å²) in [5.74, 6) is -0.303. The maximum atomic E-state index is 13.7. The van der Waals surface area contributed by atoms with Gasteiger partial charge in [0, 0.05) is 31.1 Å². The second-order valence-corrected chi connectivity index (χ2v) is 7.52. The lowest BCUT2D eigenvalue weighted by Gasteiger charge is -2.17. The fraction of sp³-hybridized carbons (Fsp3) is 0.304. The maximum Gasteiger partial charge on any atom is 0.243 e. The van der Waals surface area contributed by atoms with Crippen LogP contribution in [-0.4, -0.2) is 40.4 Å². The topological polar surface area (TPSA) is 88.3 Å². The molecule has 7 nitrogen and oxygen atoms in total. The van der Waals surface area contributed by atoms with Crippen molar-refractivity contribution in [3.63, 3.8) is 0 Å². The van der Waals surface area contributed by atoms with Crippen LogP contribution in [0, 0.1) is 26.6 Å². The number of nitrogens with zero attached hydrogens (tertiary/aromatic N) is 3. The molecule has 0 saturated heterocycles. The number of amides is 2. The Balaban J connectivity index is 1.52. The molecule has 1 N–H and O–H groups in total. The predicted octanol–water partition coefficient (Wildman–Crippen LogP) is 3.83. The fourth-order valence-corrected chi connectivity index (χ4v) is 2.99. The van der Waals surface area contributed by atoms with Gasteiger partial charge in [0.1, 0.15) is 5.82 Å². The molecular formula is C23H25FN4O3. The van der Waals surface area contributed by atoms with Gasteiger partial charge in [-0.2, -0.15) is 4.98 Å². The van der Waals surface area contributed by atoms with Gasteiger partial charge in [-0.25, -0.2) is 4.39 Å². The quantitative estimate of drug-likeness (QED) is 0.623. The Morgan fingerprint density at radius 3 is 2.65 bits per heavy atom. The molecule has 3 rings (SSSR count). The van der Waals surface area contributed by atoms with Gasteiger partial charge in [-0.1, -0.05) is 29.4 Å². The smallest absolute Gasteiger partial charge is 0.243 e. The highest BCUT2D eigenvalue weighted by Crippen LogP contribution is 2.20. The lowest BCUT2D eigenvalue weighted by molar-refractivity contribution is -0.133. The highest BCUT2D eigenvalue weighted by Gasteiger charge is 2.16. The molecule has 0 atom stereocenters.